The number of anilines is 1. The molecule has 1 aliphatic rings. The summed E-state index contributed by atoms with van der Waals surface area (Å²) in [6, 6.07) is 7.59. The van der Waals surface area contributed by atoms with E-state index in [1.807, 2.05) is 38.1 Å². The summed E-state index contributed by atoms with van der Waals surface area (Å²) >= 11 is 0. The predicted molar refractivity (Wildman–Crippen MR) is 75.7 cm³/mol. The molecule has 1 aliphatic heterocycles. The van der Waals surface area contributed by atoms with Gasteiger partial charge in [-0.3, -0.25) is 5.41 Å². The SMILES string of the molecule is CC1(C)CN(c2ccccc2C(=N)N)CC(CO)O1. The average molecular weight is 263 g/mol. The molecule has 1 aromatic carbocycles. The highest BCUT2D eigenvalue weighted by Crippen LogP contribution is 2.28. The maximum atomic E-state index is 9.35. The Hall–Kier alpha value is -1.59. The molecule has 104 valence electrons. The lowest BCUT2D eigenvalue weighted by Gasteiger charge is -2.43. The Balaban J connectivity index is 2.33. The molecule has 0 saturated carbocycles. The van der Waals surface area contributed by atoms with E-state index in [-0.39, 0.29) is 24.1 Å². The van der Waals surface area contributed by atoms with Crippen LogP contribution in [0.1, 0.15) is 19.4 Å². The van der Waals surface area contributed by atoms with E-state index >= 15 is 0 Å². The van der Waals surface area contributed by atoms with Crippen molar-refractivity contribution in [3.63, 3.8) is 0 Å². The van der Waals surface area contributed by atoms with Crippen LogP contribution < -0.4 is 10.6 Å². The monoisotopic (exact) mass is 263 g/mol. The summed E-state index contributed by atoms with van der Waals surface area (Å²) < 4.78 is 5.80. The van der Waals surface area contributed by atoms with E-state index in [4.69, 9.17) is 15.9 Å². The van der Waals surface area contributed by atoms with E-state index in [2.05, 4.69) is 4.90 Å². The van der Waals surface area contributed by atoms with Crippen molar-refractivity contribution >= 4 is 11.5 Å². The van der Waals surface area contributed by atoms with Gasteiger partial charge in [0.1, 0.15) is 5.84 Å². The van der Waals surface area contributed by atoms with Crippen molar-refractivity contribution in [3.05, 3.63) is 29.8 Å². The van der Waals surface area contributed by atoms with E-state index in [1.165, 1.54) is 0 Å². The fraction of sp³-hybridized carbons (Fsp3) is 0.500. The highest BCUT2D eigenvalue weighted by molar-refractivity contribution is 6.00. The van der Waals surface area contributed by atoms with Gasteiger partial charge in [0.15, 0.2) is 0 Å². The minimum atomic E-state index is -0.338. The number of amidine groups is 1. The van der Waals surface area contributed by atoms with Crippen LogP contribution in [0, 0.1) is 5.41 Å². The normalized spacial score (nSPS) is 22.3. The van der Waals surface area contributed by atoms with E-state index < -0.39 is 0 Å². The molecule has 0 radical (unpaired) electrons. The Labute approximate surface area is 113 Å². The fourth-order valence-corrected chi connectivity index (χ4v) is 2.55. The maximum absolute atomic E-state index is 9.35. The summed E-state index contributed by atoms with van der Waals surface area (Å²) in [5.41, 5.74) is 6.93. The van der Waals surface area contributed by atoms with Crippen molar-refractivity contribution in [1.82, 2.24) is 0 Å². The third-order valence-corrected chi connectivity index (χ3v) is 3.22. The lowest BCUT2D eigenvalue weighted by atomic mass is 10.0. The van der Waals surface area contributed by atoms with Gasteiger partial charge in [0.25, 0.3) is 0 Å². The lowest BCUT2D eigenvalue weighted by Crippen LogP contribution is -2.54. The summed E-state index contributed by atoms with van der Waals surface area (Å²) in [7, 11) is 0. The van der Waals surface area contributed by atoms with E-state index in [0.717, 1.165) is 11.3 Å². The number of hydrogen-bond acceptors (Lipinski definition) is 4. The summed E-state index contributed by atoms with van der Waals surface area (Å²) in [4.78, 5) is 2.13. The number of ether oxygens (including phenoxy) is 1. The Morgan fingerprint density at radius 3 is 2.84 bits per heavy atom. The Morgan fingerprint density at radius 2 is 2.21 bits per heavy atom. The van der Waals surface area contributed by atoms with Crippen LogP contribution in [0.4, 0.5) is 5.69 Å². The van der Waals surface area contributed by atoms with Gasteiger partial charge in [-0.25, -0.2) is 0 Å². The molecule has 5 nitrogen and oxygen atoms in total. The van der Waals surface area contributed by atoms with Gasteiger partial charge in [0.05, 0.1) is 18.3 Å². The molecule has 0 aromatic heterocycles. The molecule has 2 rings (SSSR count). The van der Waals surface area contributed by atoms with Gasteiger partial charge < -0.3 is 20.5 Å². The highest BCUT2D eigenvalue weighted by Gasteiger charge is 2.33. The van der Waals surface area contributed by atoms with Crippen LogP contribution in [0.3, 0.4) is 0 Å². The van der Waals surface area contributed by atoms with Crippen LogP contribution in [0.25, 0.3) is 0 Å². The summed E-state index contributed by atoms with van der Waals surface area (Å²) in [6.45, 7) is 5.29. The second-order valence-corrected chi connectivity index (χ2v) is 5.49. The number of aliphatic hydroxyl groups excluding tert-OH is 1. The van der Waals surface area contributed by atoms with Crippen LogP contribution in [0.5, 0.6) is 0 Å². The first-order chi connectivity index (χ1) is 8.93. The molecule has 1 atom stereocenters. The zero-order valence-electron chi connectivity index (χ0n) is 11.4. The van der Waals surface area contributed by atoms with Gasteiger partial charge in [-0.15, -0.1) is 0 Å². The minimum absolute atomic E-state index is 0.0117. The zero-order valence-corrected chi connectivity index (χ0v) is 11.4. The number of nitrogens with two attached hydrogens (primary N) is 1. The molecule has 1 unspecified atom stereocenters. The molecular formula is C14H21N3O2. The van der Waals surface area contributed by atoms with Gasteiger partial charge in [0.2, 0.25) is 0 Å². The number of nitrogen functional groups attached to an aromatic ring is 1. The van der Waals surface area contributed by atoms with Gasteiger partial charge >= 0.3 is 0 Å². The molecule has 1 heterocycles. The first kappa shape index (κ1) is 13.8. The van der Waals surface area contributed by atoms with Crippen LogP contribution in [-0.2, 0) is 4.74 Å². The second-order valence-electron chi connectivity index (χ2n) is 5.49. The largest absolute Gasteiger partial charge is 0.394 e. The molecule has 5 heteroatoms. The summed E-state index contributed by atoms with van der Waals surface area (Å²) in [5, 5.41) is 17.0. The minimum Gasteiger partial charge on any atom is -0.394 e. The fourth-order valence-electron chi connectivity index (χ4n) is 2.55. The van der Waals surface area contributed by atoms with Gasteiger partial charge in [-0.05, 0) is 26.0 Å². The van der Waals surface area contributed by atoms with Crippen molar-refractivity contribution in [3.8, 4) is 0 Å². The van der Waals surface area contributed by atoms with Crippen LogP contribution in [0.2, 0.25) is 0 Å². The highest BCUT2D eigenvalue weighted by atomic mass is 16.5. The number of para-hydroxylation sites is 1. The van der Waals surface area contributed by atoms with E-state index in [0.29, 0.717) is 13.1 Å². The molecule has 1 fully saturated rings. The Kier molecular flexibility index (Phi) is 3.78. The standard InChI is InChI=1S/C14H21N3O2/c1-14(2)9-17(7-10(8-18)19-14)12-6-4-3-5-11(12)13(15)16/h3-6,10,18H,7-9H2,1-2H3,(H3,15,16). The van der Waals surface area contributed by atoms with Crippen molar-refractivity contribution in [2.24, 2.45) is 5.73 Å². The van der Waals surface area contributed by atoms with Crippen molar-refractivity contribution in [1.29, 1.82) is 5.41 Å². The quantitative estimate of drug-likeness (QED) is 0.560. The van der Waals surface area contributed by atoms with E-state index in [1.54, 1.807) is 0 Å². The number of hydrogen-bond donors (Lipinski definition) is 3. The third kappa shape index (κ3) is 3.05. The number of rotatable bonds is 3. The molecular weight excluding hydrogens is 242 g/mol. The Bertz CT molecular complexity index is 474. The van der Waals surface area contributed by atoms with Gasteiger partial charge in [-0.1, -0.05) is 12.1 Å². The molecule has 0 amide bonds. The average Bonchev–Trinajstić information content (AvgIpc) is 2.36. The molecule has 0 aliphatic carbocycles. The molecule has 0 spiro atoms. The lowest BCUT2D eigenvalue weighted by molar-refractivity contribution is -0.101. The molecule has 1 aromatic rings. The Morgan fingerprint density at radius 1 is 1.53 bits per heavy atom. The first-order valence-electron chi connectivity index (χ1n) is 6.40. The molecule has 4 N–H and O–H groups in total. The number of morpholine rings is 1. The molecule has 0 bridgehead atoms. The van der Waals surface area contributed by atoms with Crippen molar-refractivity contribution in [2.75, 3.05) is 24.6 Å². The van der Waals surface area contributed by atoms with Crippen molar-refractivity contribution < 1.29 is 9.84 Å². The van der Waals surface area contributed by atoms with Crippen LogP contribution in [0.15, 0.2) is 24.3 Å². The van der Waals surface area contributed by atoms with Gasteiger partial charge in [-0.2, -0.15) is 0 Å². The first-order valence-corrected chi connectivity index (χ1v) is 6.40. The predicted octanol–water partition coefficient (Wildman–Crippen LogP) is 0.947. The van der Waals surface area contributed by atoms with Crippen LogP contribution >= 0.6 is 0 Å². The van der Waals surface area contributed by atoms with E-state index in [9.17, 15) is 5.11 Å². The summed E-state index contributed by atoms with van der Waals surface area (Å²) in [6.07, 6.45) is -0.219. The number of nitrogens with one attached hydrogen (secondary N) is 1. The summed E-state index contributed by atoms with van der Waals surface area (Å²) in [5.74, 6) is 0.0560. The van der Waals surface area contributed by atoms with Crippen LogP contribution in [-0.4, -0.2) is 42.3 Å². The number of aliphatic hydroxyl groups is 1. The van der Waals surface area contributed by atoms with Crippen molar-refractivity contribution in [2.45, 2.75) is 25.6 Å². The number of benzene rings is 1. The topological polar surface area (TPSA) is 82.6 Å². The molecule has 19 heavy (non-hydrogen) atoms. The third-order valence-electron chi connectivity index (χ3n) is 3.22. The smallest absolute Gasteiger partial charge is 0.124 e. The maximum Gasteiger partial charge on any atom is 0.124 e. The zero-order chi connectivity index (χ0) is 14.0. The van der Waals surface area contributed by atoms with Gasteiger partial charge in [0, 0.05) is 24.3 Å². The molecule has 1 saturated heterocycles. The second kappa shape index (κ2) is 5.19. The number of nitrogens with zero attached hydrogens (tertiary/aromatic N) is 1.